The van der Waals surface area contributed by atoms with Crippen LogP contribution < -0.4 is 10.6 Å². The summed E-state index contributed by atoms with van der Waals surface area (Å²) in [5.74, 6) is -0.505. The molecule has 0 fully saturated rings. The molecule has 27 heavy (non-hydrogen) atoms. The molecule has 0 aliphatic heterocycles. The van der Waals surface area contributed by atoms with Crippen molar-refractivity contribution in [1.29, 1.82) is 0 Å². The van der Waals surface area contributed by atoms with Crippen LogP contribution in [0.15, 0.2) is 42.5 Å². The fourth-order valence-corrected chi connectivity index (χ4v) is 3.08. The van der Waals surface area contributed by atoms with Crippen LogP contribution in [-0.2, 0) is 9.59 Å². The third-order valence-electron chi connectivity index (χ3n) is 3.80. The minimum Gasteiger partial charge on any atom is -0.348 e. The summed E-state index contributed by atoms with van der Waals surface area (Å²) in [6.45, 7) is 1.97. The standard InChI is InChI=1S/C19H20Cl3N3O2/c1-12(13-6-8-14(20)9-7-13)23-17(26)10-25(2)11-18(27)24-19-15(21)4-3-5-16(19)22/h3-9,12H,10-11H2,1-2H3,(H,23,26)(H,24,27). The van der Waals surface area contributed by atoms with Crippen LogP contribution in [0.1, 0.15) is 18.5 Å². The first-order valence-electron chi connectivity index (χ1n) is 8.23. The van der Waals surface area contributed by atoms with Gasteiger partial charge in [-0.2, -0.15) is 0 Å². The molecular formula is C19H20Cl3N3O2. The lowest BCUT2D eigenvalue weighted by atomic mass is 10.1. The Bertz CT molecular complexity index is 792. The van der Waals surface area contributed by atoms with Crippen molar-refractivity contribution in [2.75, 3.05) is 25.5 Å². The number of carbonyl (C=O) groups excluding carboxylic acids is 2. The largest absolute Gasteiger partial charge is 0.348 e. The van der Waals surface area contributed by atoms with Gasteiger partial charge in [0, 0.05) is 5.02 Å². The zero-order valence-corrected chi connectivity index (χ0v) is 17.2. The van der Waals surface area contributed by atoms with Gasteiger partial charge in [-0.25, -0.2) is 0 Å². The van der Waals surface area contributed by atoms with Crippen LogP contribution in [0, 0.1) is 0 Å². The van der Waals surface area contributed by atoms with Crippen LogP contribution in [0.4, 0.5) is 5.69 Å². The Morgan fingerprint density at radius 2 is 1.52 bits per heavy atom. The minimum absolute atomic E-state index is 0.0182. The zero-order chi connectivity index (χ0) is 20.0. The van der Waals surface area contributed by atoms with Gasteiger partial charge in [0.05, 0.1) is 34.9 Å². The summed E-state index contributed by atoms with van der Waals surface area (Å²) in [5, 5.41) is 6.91. The van der Waals surface area contributed by atoms with Gasteiger partial charge in [-0.1, -0.05) is 53.0 Å². The Hall–Kier alpha value is -1.79. The molecule has 0 saturated carbocycles. The maximum atomic E-state index is 12.2. The molecule has 2 N–H and O–H groups in total. The molecule has 0 aliphatic carbocycles. The second kappa shape index (κ2) is 9.95. The fourth-order valence-electron chi connectivity index (χ4n) is 2.46. The minimum atomic E-state index is -0.314. The zero-order valence-electron chi connectivity index (χ0n) is 14.9. The van der Waals surface area contributed by atoms with Crippen LogP contribution in [0.2, 0.25) is 15.1 Å². The van der Waals surface area contributed by atoms with Crippen LogP contribution in [0.25, 0.3) is 0 Å². The van der Waals surface area contributed by atoms with Crippen LogP contribution in [0.5, 0.6) is 0 Å². The van der Waals surface area contributed by atoms with Crippen LogP contribution >= 0.6 is 34.8 Å². The number of rotatable bonds is 7. The average Bonchev–Trinajstić information content (AvgIpc) is 2.58. The number of likely N-dealkylation sites (N-methyl/N-ethyl adjacent to an activating group) is 1. The van der Waals surface area contributed by atoms with Crippen molar-refractivity contribution in [3.8, 4) is 0 Å². The predicted octanol–water partition coefficient (Wildman–Crippen LogP) is 4.39. The van der Waals surface area contributed by atoms with E-state index in [0.717, 1.165) is 5.56 Å². The number of carbonyl (C=O) groups is 2. The van der Waals surface area contributed by atoms with Gasteiger partial charge >= 0.3 is 0 Å². The number of para-hydroxylation sites is 1. The fraction of sp³-hybridized carbons (Fsp3) is 0.263. The van der Waals surface area contributed by atoms with Gasteiger partial charge in [0.1, 0.15) is 0 Å². The second-order valence-electron chi connectivity index (χ2n) is 6.16. The van der Waals surface area contributed by atoms with Crippen molar-refractivity contribution in [2.24, 2.45) is 0 Å². The van der Waals surface area contributed by atoms with Gasteiger partial charge in [0.25, 0.3) is 0 Å². The lowest BCUT2D eigenvalue weighted by molar-refractivity contribution is -0.123. The van der Waals surface area contributed by atoms with Crippen LogP contribution in [-0.4, -0.2) is 36.9 Å². The van der Waals surface area contributed by atoms with E-state index in [4.69, 9.17) is 34.8 Å². The molecule has 8 heteroatoms. The number of halogens is 3. The summed E-state index contributed by atoms with van der Waals surface area (Å²) in [7, 11) is 1.68. The molecule has 0 aromatic heterocycles. The smallest absolute Gasteiger partial charge is 0.238 e. The molecule has 1 atom stereocenters. The molecule has 5 nitrogen and oxygen atoms in total. The van der Waals surface area contributed by atoms with Gasteiger partial charge in [0.15, 0.2) is 0 Å². The lowest BCUT2D eigenvalue weighted by Gasteiger charge is -2.19. The van der Waals surface area contributed by atoms with E-state index in [1.54, 1.807) is 42.3 Å². The lowest BCUT2D eigenvalue weighted by Crippen LogP contribution is -2.39. The Labute approximate surface area is 173 Å². The third kappa shape index (κ3) is 6.70. The van der Waals surface area contributed by atoms with Crippen molar-refractivity contribution >= 4 is 52.3 Å². The highest BCUT2D eigenvalue weighted by Crippen LogP contribution is 2.29. The van der Waals surface area contributed by atoms with E-state index in [0.29, 0.717) is 20.8 Å². The van der Waals surface area contributed by atoms with Gasteiger partial charge in [-0.3, -0.25) is 14.5 Å². The molecule has 0 radical (unpaired) electrons. The second-order valence-corrected chi connectivity index (χ2v) is 7.41. The van der Waals surface area contributed by atoms with Gasteiger partial charge in [-0.05, 0) is 43.8 Å². The van der Waals surface area contributed by atoms with Crippen molar-refractivity contribution in [1.82, 2.24) is 10.2 Å². The first-order chi connectivity index (χ1) is 12.8. The van der Waals surface area contributed by atoms with E-state index in [-0.39, 0.29) is 30.9 Å². The van der Waals surface area contributed by atoms with Gasteiger partial charge < -0.3 is 10.6 Å². The molecule has 2 aromatic carbocycles. The van der Waals surface area contributed by atoms with Crippen molar-refractivity contribution < 1.29 is 9.59 Å². The third-order valence-corrected chi connectivity index (χ3v) is 4.68. The van der Waals surface area contributed by atoms with Crippen LogP contribution in [0.3, 0.4) is 0 Å². The highest BCUT2D eigenvalue weighted by molar-refractivity contribution is 6.39. The number of benzene rings is 2. The molecule has 2 amide bonds. The van der Waals surface area contributed by atoms with Gasteiger partial charge in [-0.15, -0.1) is 0 Å². The quantitative estimate of drug-likeness (QED) is 0.687. The number of nitrogens with zero attached hydrogens (tertiary/aromatic N) is 1. The molecule has 0 bridgehead atoms. The molecular weight excluding hydrogens is 409 g/mol. The highest BCUT2D eigenvalue weighted by Gasteiger charge is 2.15. The molecule has 0 heterocycles. The monoisotopic (exact) mass is 427 g/mol. The summed E-state index contributed by atoms with van der Waals surface area (Å²) in [6.07, 6.45) is 0. The van der Waals surface area contributed by atoms with E-state index in [2.05, 4.69) is 10.6 Å². The maximum absolute atomic E-state index is 12.2. The van der Waals surface area contributed by atoms with E-state index < -0.39 is 0 Å². The predicted molar refractivity (Wildman–Crippen MR) is 111 cm³/mol. The molecule has 0 aliphatic rings. The molecule has 1 unspecified atom stereocenters. The van der Waals surface area contributed by atoms with E-state index in [9.17, 15) is 9.59 Å². The first kappa shape index (κ1) is 21.5. The Balaban J connectivity index is 1.83. The number of nitrogens with one attached hydrogen (secondary N) is 2. The number of amides is 2. The Morgan fingerprint density at radius 1 is 0.963 bits per heavy atom. The maximum Gasteiger partial charge on any atom is 0.238 e. The van der Waals surface area contributed by atoms with E-state index >= 15 is 0 Å². The summed E-state index contributed by atoms with van der Waals surface area (Å²) >= 11 is 17.9. The summed E-state index contributed by atoms with van der Waals surface area (Å²) in [6, 6.07) is 12.1. The average molecular weight is 429 g/mol. The summed E-state index contributed by atoms with van der Waals surface area (Å²) in [4.78, 5) is 26.0. The van der Waals surface area contributed by atoms with Crippen molar-refractivity contribution in [2.45, 2.75) is 13.0 Å². The molecule has 0 saturated heterocycles. The highest BCUT2D eigenvalue weighted by atomic mass is 35.5. The Kier molecular flexibility index (Phi) is 7.92. The van der Waals surface area contributed by atoms with Crippen molar-refractivity contribution in [3.05, 3.63) is 63.1 Å². The normalized spacial score (nSPS) is 11.9. The van der Waals surface area contributed by atoms with E-state index in [1.807, 2.05) is 19.1 Å². The first-order valence-corrected chi connectivity index (χ1v) is 9.37. The number of anilines is 1. The molecule has 0 spiro atoms. The molecule has 144 valence electrons. The van der Waals surface area contributed by atoms with Gasteiger partial charge in [0.2, 0.25) is 11.8 Å². The topological polar surface area (TPSA) is 61.4 Å². The molecule has 2 aromatic rings. The Morgan fingerprint density at radius 3 is 2.11 bits per heavy atom. The number of hydrogen-bond donors (Lipinski definition) is 2. The van der Waals surface area contributed by atoms with Crippen molar-refractivity contribution in [3.63, 3.8) is 0 Å². The van der Waals surface area contributed by atoms with E-state index in [1.165, 1.54) is 0 Å². The number of hydrogen-bond acceptors (Lipinski definition) is 3. The molecule has 2 rings (SSSR count). The summed E-state index contributed by atoms with van der Waals surface area (Å²) < 4.78 is 0. The SMILES string of the molecule is CC(NC(=O)CN(C)CC(=O)Nc1c(Cl)cccc1Cl)c1ccc(Cl)cc1. The summed E-state index contributed by atoms with van der Waals surface area (Å²) in [5.41, 5.74) is 1.31.